The Balaban J connectivity index is 1.43. The van der Waals surface area contributed by atoms with Crippen molar-refractivity contribution >= 4 is 16.8 Å². The van der Waals surface area contributed by atoms with E-state index in [4.69, 9.17) is 5.26 Å². The van der Waals surface area contributed by atoms with E-state index in [0.717, 1.165) is 41.9 Å². The largest absolute Gasteiger partial charge is 0.345 e. The Morgan fingerprint density at radius 3 is 2.93 bits per heavy atom. The highest BCUT2D eigenvalue weighted by Gasteiger charge is 2.35. The first-order valence-electron chi connectivity index (χ1n) is 9.25. The van der Waals surface area contributed by atoms with Crippen LogP contribution in [-0.4, -0.2) is 29.5 Å². The van der Waals surface area contributed by atoms with Crippen LogP contribution in [0.1, 0.15) is 42.8 Å². The van der Waals surface area contributed by atoms with Crippen molar-refractivity contribution in [3.63, 3.8) is 0 Å². The number of hydrogen-bond donors (Lipinski definition) is 1. The molecular formula is C20H19N7. The van der Waals surface area contributed by atoms with Crippen molar-refractivity contribution in [1.82, 2.24) is 29.5 Å². The van der Waals surface area contributed by atoms with Crippen LogP contribution in [0.25, 0.3) is 16.8 Å². The Kier molecular flexibility index (Phi) is 3.64. The summed E-state index contributed by atoms with van der Waals surface area (Å²) < 4.78 is 2.14. The third-order valence-corrected chi connectivity index (χ3v) is 5.74. The molecule has 7 heteroatoms. The number of hydrogen-bond acceptors (Lipinski definition) is 5. The van der Waals surface area contributed by atoms with Gasteiger partial charge in [0.05, 0.1) is 11.7 Å². The molecule has 0 saturated heterocycles. The normalized spacial score (nSPS) is 22.4. The lowest BCUT2D eigenvalue weighted by molar-refractivity contribution is 0.500. The van der Waals surface area contributed by atoms with Gasteiger partial charge in [0.1, 0.15) is 17.6 Å². The Hall–Kier alpha value is -3.27. The van der Waals surface area contributed by atoms with Crippen LogP contribution in [0.3, 0.4) is 0 Å². The molecule has 4 aromatic rings. The van der Waals surface area contributed by atoms with Gasteiger partial charge in [-0.25, -0.2) is 9.97 Å². The predicted molar refractivity (Wildman–Crippen MR) is 99.9 cm³/mol. The van der Waals surface area contributed by atoms with Crippen LogP contribution in [0.5, 0.6) is 0 Å². The molecule has 0 aromatic carbocycles. The lowest BCUT2D eigenvalue weighted by Gasteiger charge is -2.13. The van der Waals surface area contributed by atoms with Crippen molar-refractivity contribution in [1.29, 1.82) is 5.26 Å². The zero-order valence-corrected chi connectivity index (χ0v) is 15.0. The summed E-state index contributed by atoms with van der Waals surface area (Å²) in [6.45, 7) is 2.30. The fourth-order valence-electron chi connectivity index (χ4n) is 4.49. The molecule has 27 heavy (non-hydrogen) atoms. The molecule has 4 heterocycles. The SMILES string of the molecule is C[C@@H]1C[C@H](Cc2ccc(C#N)nc2)C[C@@H]1c1nnc2cnc3[nH]ccc3n12. The Bertz CT molecular complexity index is 1150. The number of H-pyrrole nitrogens is 1. The third-order valence-electron chi connectivity index (χ3n) is 5.74. The minimum absolute atomic E-state index is 0.372. The van der Waals surface area contributed by atoms with Crippen molar-refractivity contribution in [2.24, 2.45) is 11.8 Å². The lowest BCUT2D eigenvalue weighted by Crippen LogP contribution is -2.08. The quantitative estimate of drug-likeness (QED) is 0.607. The maximum absolute atomic E-state index is 8.90. The van der Waals surface area contributed by atoms with Crippen LogP contribution < -0.4 is 0 Å². The summed E-state index contributed by atoms with van der Waals surface area (Å²) in [5.41, 5.74) is 4.34. The molecule has 0 spiro atoms. The van der Waals surface area contributed by atoms with E-state index >= 15 is 0 Å². The van der Waals surface area contributed by atoms with Crippen molar-refractivity contribution in [2.45, 2.75) is 32.1 Å². The van der Waals surface area contributed by atoms with Gasteiger partial charge in [-0.2, -0.15) is 5.26 Å². The van der Waals surface area contributed by atoms with E-state index in [2.05, 4.69) is 42.5 Å². The number of aromatic amines is 1. The molecule has 0 radical (unpaired) electrons. The zero-order chi connectivity index (χ0) is 18.4. The number of pyridine rings is 1. The molecule has 1 aliphatic rings. The number of nitrogens with one attached hydrogen (secondary N) is 1. The fourth-order valence-corrected chi connectivity index (χ4v) is 4.49. The predicted octanol–water partition coefficient (Wildman–Crippen LogP) is 3.24. The summed E-state index contributed by atoms with van der Waals surface area (Å²) in [5, 5.41) is 17.8. The van der Waals surface area contributed by atoms with Gasteiger partial charge in [0.2, 0.25) is 0 Å². The van der Waals surface area contributed by atoms with E-state index in [9.17, 15) is 0 Å². The van der Waals surface area contributed by atoms with E-state index in [0.29, 0.717) is 23.4 Å². The molecule has 0 aliphatic heterocycles. The first-order valence-corrected chi connectivity index (χ1v) is 9.25. The number of nitriles is 1. The summed E-state index contributed by atoms with van der Waals surface area (Å²) in [6, 6.07) is 7.92. The standard InChI is InChI=1S/C20H19N7/c1-12-6-14(7-13-2-3-15(9-21)23-10-13)8-16(12)20-26-25-18-11-24-19-17(27(18)20)4-5-22-19/h2-5,10-12,14,16,22H,6-8H2,1H3/t12-,14-,16+/m1/s1. The second-order valence-electron chi connectivity index (χ2n) is 7.51. The van der Waals surface area contributed by atoms with Gasteiger partial charge in [-0.1, -0.05) is 13.0 Å². The molecule has 134 valence electrons. The summed E-state index contributed by atoms with van der Waals surface area (Å²) in [5.74, 6) is 2.52. The lowest BCUT2D eigenvalue weighted by atomic mass is 9.97. The third kappa shape index (κ3) is 2.65. The van der Waals surface area contributed by atoms with Crippen LogP contribution in [-0.2, 0) is 6.42 Å². The molecule has 1 fully saturated rings. The molecule has 7 nitrogen and oxygen atoms in total. The first-order chi connectivity index (χ1) is 13.2. The highest BCUT2D eigenvalue weighted by Crippen LogP contribution is 2.43. The van der Waals surface area contributed by atoms with Crippen LogP contribution in [0.2, 0.25) is 0 Å². The Labute approximate surface area is 156 Å². The van der Waals surface area contributed by atoms with Gasteiger partial charge in [0, 0.05) is 18.3 Å². The average Bonchev–Trinajstić information content (AvgIpc) is 3.39. The highest BCUT2D eigenvalue weighted by molar-refractivity contribution is 5.74. The fraction of sp³-hybridized carbons (Fsp3) is 0.350. The maximum atomic E-state index is 8.90. The molecule has 1 N–H and O–H groups in total. The Morgan fingerprint density at radius 2 is 2.11 bits per heavy atom. The van der Waals surface area contributed by atoms with E-state index in [1.807, 2.05) is 24.5 Å². The van der Waals surface area contributed by atoms with Crippen molar-refractivity contribution in [3.05, 3.63) is 53.9 Å². The van der Waals surface area contributed by atoms with Crippen LogP contribution in [0.4, 0.5) is 0 Å². The second kappa shape index (κ2) is 6.16. The number of rotatable bonds is 3. The second-order valence-corrected chi connectivity index (χ2v) is 7.51. The zero-order valence-electron chi connectivity index (χ0n) is 15.0. The molecule has 4 aromatic heterocycles. The van der Waals surface area contributed by atoms with E-state index in [1.165, 1.54) is 5.56 Å². The maximum Gasteiger partial charge on any atom is 0.179 e. The van der Waals surface area contributed by atoms with Gasteiger partial charge < -0.3 is 4.98 Å². The van der Waals surface area contributed by atoms with Crippen molar-refractivity contribution < 1.29 is 0 Å². The van der Waals surface area contributed by atoms with E-state index < -0.39 is 0 Å². The van der Waals surface area contributed by atoms with Gasteiger partial charge in [-0.05, 0) is 48.8 Å². The molecule has 0 amide bonds. The highest BCUT2D eigenvalue weighted by atomic mass is 15.3. The van der Waals surface area contributed by atoms with E-state index in [-0.39, 0.29) is 0 Å². The molecule has 0 unspecified atom stereocenters. The van der Waals surface area contributed by atoms with Gasteiger partial charge in [-0.3, -0.25) is 4.40 Å². The molecule has 1 aliphatic carbocycles. The summed E-state index contributed by atoms with van der Waals surface area (Å²) in [7, 11) is 0. The summed E-state index contributed by atoms with van der Waals surface area (Å²) >= 11 is 0. The average molecular weight is 357 g/mol. The van der Waals surface area contributed by atoms with Gasteiger partial charge >= 0.3 is 0 Å². The topological polar surface area (TPSA) is 95.5 Å². The minimum atomic E-state index is 0.372. The van der Waals surface area contributed by atoms with Gasteiger partial charge in [0.25, 0.3) is 0 Å². The van der Waals surface area contributed by atoms with E-state index in [1.54, 1.807) is 12.3 Å². The van der Waals surface area contributed by atoms with Crippen LogP contribution >= 0.6 is 0 Å². The summed E-state index contributed by atoms with van der Waals surface area (Å²) in [6.07, 6.45) is 8.72. The number of nitrogens with zero attached hydrogens (tertiary/aromatic N) is 6. The monoisotopic (exact) mass is 357 g/mol. The van der Waals surface area contributed by atoms with Gasteiger partial charge in [0.15, 0.2) is 11.3 Å². The molecule has 5 rings (SSSR count). The number of fused-ring (bicyclic) bond motifs is 3. The Morgan fingerprint density at radius 1 is 1.19 bits per heavy atom. The van der Waals surface area contributed by atoms with Crippen molar-refractivity contribution in [2.75, 3.05) is 0 Å². The first kappa shape index (κ1) is 15.9. The number of aromatic nitrogens is 6. The minimum Gasteiger partial charge on any atom is -0.345 e. The molecule has 1 saturated carbocycles. The molecule has 0 bridgehead atoms. The molecular weight excluding hydrogens is 338 g/mol. The van der Waals surface area contributed by atoms with Gasteiger partial charge in [-0.15, -0.1) is 10.2 Å². The smallest absolute Gasteiger partial charge is 0.179 e. The van der Waals surface area contributed by atoms with Crippen molar-refractivity contribution in [3.8, 4) is 6.07 Å². The molecule has 3 atom stereocenters. The summed E-state index contributed by atoms with van der Waals surface area (Å²) in [4.78, 5) is 11.8. The van der Waals surface area contributed by atoms with Crippen LogP contribution in [0, 0.1) is 23.2 Å². The van der Waals surface area contributed by atoms with Crippen LogP contribution in [0.15, 0.2) is 36.8 Å².